The van der Waals surface area contributed by atoms with Crippen LogP contribution in [0.3, 0.4) is 0 Å². The second-order valence-corrected chi connectivity index (χ2v) is 5.73. The minimum atomic E-state index is -0.887. The first kappa shape index (κ1) is 18.7. The number of benzene rings is 2. The molecule has 0 radical (unpaired) electrons. The highest BCUT2D eigenvalue weighted by Crippen LogP contribution is 2.28. The predicted octanol–water partition coefficient (Wildman–Crippen LogP) is 3.82. The van der Waals surface area contributed by atoms with Gasteiger partial charge in [0, 0.05) is 11.1 Å². The molecule has 1 amide bonds. The molecule has 0 aliphatic heterocycles. The van der Waals surface area contributed by atoms with Gasteiger partial charge in [-0.1, -0.05) is 35.3 Å². The molecule has 0 heterocycles. The van der Waals surface area contributed by atoms with E-state index in [0.29, 0.717) is 10.8 Å². The number of rotatable bonds is 6. The van der Waals surface area contributed by atoms with Crippen molar-refractivity contribution in [2.24, 2.45) is 5.10 Å². The summed E-state index contributed by atoms with van der Waals surface area (Å²) in [6.07, 6.45) is 0.305. The minimum Gasteiger partial charge on any atom is -0.479 e. The molecule has 1 N–H and O–H groups in total. The molecular formula is C16H13Cl2N3O4. The van der Waals surface area contributed by atoms with Gasteiger partial charge in [0.05, 0.1) is 21.7 Å². The third-order valence-electron chi connectivity index (χ3n) is 3.08. The summed E-state index contributed by atoms with van der Waals surface area (Å²) in [5.41, 5.74) is 2.41. The zero-order valence-corrected chi connectivity index (χ0v) is 14.5. The second-order valence-electron chi connectivity index (χ2n) is 4.89. The summed E-state index contributed by atoms with van der Waals surface area (Å²) in [7, 11) is 0. The Balaban J connectivity index is 1.99. The summed E-state index contributed by atoms with van der Waals surface area (Å²) in [5, 5.41) is 15.3. The Morgan fingerprint density at radius 2 is 2.04 bits per heavy atom. The maximum atomic E-state index is 12.0. The van der Waals surface area contributed by atoms with Crippen molar-refractivity contribution in [2.75, 3.05) is 0 Å². The van der Waals surface area contributed by atoms with Crippen LogP contribution in [0.2, 0.25) is 10.0 Å². The smallest absolute Gasteiger partial charge is 0.280 e. The normalized spacial score (nSPS) is 12.0. The number of hydrazone groups is 1. The van der Waals surface area contributed by atoms with E-state index in [1.807, 2.05) is 0 Å². The molecular weight excluding hydrogens is 369 g/mol. The van der Waals surface area contributed by atoms with Crippen molar-refractivity contribution in [1.82, 2.24) is 5.43 Å². The molecule has 0 saturated heterocycles. The van der Waals surface area contributed by atoms with Crippen molar-refractivity contribution in [1.29, 1.82) is 0 Å². The van der Waals surface area contributed by atoms with Gasteiger partial charge in [0.25, 0.3) is 11.6 Å². The molecule has 130 valence electrons. The van der Waals surface area contributed by atoms with Crippen LogP contribution in [0.4, 0.5) is 5.69 Å². The molecule has 25 heavy (non-hydrogen) atoms. The van der Waals surface area contributed by atoms with E-state index in [0.717, 1.165) is 0 Å². The van der Waals surface area contributed by atoms with E-state index in [9.17, 15) is 14.9 Å². The number of amides is 1. The van der Waals surface area contributed by atoms with Crippen molar-refractivity contribution in [3.8, 4) is 5.75 Å². The van der Waals surface area contributed by atoms with E-state index in [-0.39, 0.29) is 16.3 Å². The maximum absolute atomic E-state index is 12.0. The van der Waals surface area contributed by atoms with Crippen LogP contribution in [0.5, 0.6) is 5.75 Å². The molecule has 1 unspecified atom stereocenters. The van der Waals surface area contributed by atoms with Crippen LogP contribution in [0.1, 0.15) is 12.5 Å². The standard InChI is InChI=1S/C16H13Cl2N3O4/c1-10(25-15-7-6-12(17)8-13(15)18)16(22)20-19-9-11-4-2-3-5-14(11)21(23)24/h2-10H,1H3,(H,20,22)/b19-9+. The molecule has 0 spiro atoms. The number of ether oxygens (including phenoxy) is 1. The van der Waals surface area contributed by atoms with E-state index < -0.39 is 16.9 Å². The highest BCUT2D eigenvalue weighted by molar-refractivity contribution is 6.35. The number of hydrogen-bond acceptors (Lipinski definition) is 5. The van der Waals surface area contributed by atoms with Crippen molar-refractivity contribution in [2.45, 2.75) is 13.0 Å². The fourth-order valence-corrected chi connectivity index (χ4v) is 2.29. The lowest BCUT2D eigenvalue weighted by atomic mass is 10.2. The summed E-state index contributed by atoms with van der Waals surface area (Å²) in [6.45, 7) is 1.51. The molecule has 2 aromatic rings. The van der Waals surface area contributed by atoms with E-state index in [1.165, 1.54) is 31.3 Å². The summed E-state index contributed by atoms with van der Waals surface area (Å²) in [5.74, 6) is -0.239. The molecule has 2 rings (SSSR count). The first-order valence-corrected chi connectivity index (χ1v) is 7.82. The molecule has 7 nitrogen and oxygen atoms in total. The highest BCUT2D eigenvalue weighted by atomic mass is 35.5. The van der Waals surface area contributed by atoms with Crippen LogP contribution in [0, 0.1) is 10.1 Å². The Labute approximate surface area is 153 Å². The van der Waals surface area contributed by atoms with Gasteiger partial charge in [0.1, 0.15) is 5.75 Å². The number of hydrogen-bond donors (Lipinski definition) is 1. The van der Waals surface area contributed by atoms with E-state index in [1.54, 1.807) is 24.3 Å². The number of nitrogens with one attached hydrogen (secondary N) is 1. The SMILES string of the molecule is CC(Oc1ccc(Cl)cc1Cl)C(=O)N/N=C/c1ccccc1[N+](=O)[O-]. The lowest BCUT2D eigenvalue weighted by Crippen LogP contribution is -2.33. The van der Waals surface area contributed by atoms with Crippen molar-refractivity contribution in [3.05, 3.63) is 68.2 Å². The zero-order valence-electron chi connectivity index (χ0n) is 13.0. The minimum absolute atomic E-state index is 0.113. The Hall–Kier alpha value is -2.64. The number of carbonyl (C=O) groups excluding carboxylic acids is 1. The highest BCUT2D eigenvalue weighted by Gasteiger charge is 2.16. The number of nitrogens with zero attached hydrogens (tertiary/aromatic N) is 2. The van der Waals surface area contributed by atoms with E-state index in [4.69, 9.17) is 27.9 Å². The number of nitro benzene ring substituents is 1. The average Bonchev–Trinajstić information content (AvgIpc) is 2.57. The van der Waals surface area contributed by atoms with Gasteiger partial charge >= 0.3 is 0 Å². The van der Waals surface area contributed by atoms with Gasteiger partial charge in [-0.2, -0.15) is 5.10 Å². The third-order valence-corrected chi connectivity index (χ3v) is 3.61. The van der Waals surface area contributed by atoms with Gasteiger partial charge in [0.2, 0.25) is 0 Å². The zero-order chi connectivity index (χ0) is 18.4. The molecule has 0 aromatic heterocycles. The van der Waals surface area contributed by atoms with Crippen LogP contribution in [-0.2, 0) is 4.79 Å². The molecule has 9 heteroatoms. The van der Waals surface area contributed by atoms with Gasteiger partial charge in [0.15, 0.2) is 6.10 Å². The van der Waals surface area contributed by atoms with Crippen molar-refractivity contribution >= 4 is 41.0 Å². The second kappa shape index (κ2) is 8.46. The molecule has 0 aliphatic rings. The summed E-state index contributed by atoms with van der Waals surface area (Å²) in [6, 6.07) is 10.7. The van der Waals surface area contributed by atoms with Gasteiger partial charge in [-0.05, 0) is 31.2 Å². The molecule has 0 aliphatic carbocycles. The monoisotopic (exact) mass is 381 g/mol. The van der Waals surface area contributed by atoms with E-state index in [2.05, 4.69) is 10.5 Å². The lowest BCUT2D eigenvalue weighted by Gasteiger charge is -2.14. The Morgan fingerprint density at radius 3 is 2.72 bits per heavy atom. The van der Waals surface area contributed by atoms with Crippen LogP contribution in [0.25, 0.3) is 0 Å². The van der Waals surface area contributed by atoms with Crippen LogP contribution in [-0.4, -0.2) is 23.1 Å². The first-order valence-electron chi connectivity index (χ1n) is 7.06. The molecule has 0 saturated carbocycles. The fourth-order valence-electron chi connectivity index (χ4n) is 1.83. The van der Waals surface area contributed by atoms with Gasteiger partial charge in [-0.3, -0.25) is 14.9 Å². The lowest BCUT2D eigenvalue weighted by molar-refractivity contribution is -0.385. The summed E-state index contributed by atoms with van der Waals surface area (Å²) >= 11 is 11.8. The van der Waals surface area contributed by atoms with E-state index >= 15 is 0 Å². The van der Waals surface area contributed by atoms with Gasteiger partial charge in [-0.25, -0.2) is 5.43 Å². The van der Waals surface area contributed by atoms with Gasteiger partial charge < -0.3 is 4.74 Å². The Morgan fingerprint density at radius 1 is 1.32 bits per heavy atom. The number of para-hydroxylation sites is 1. The molecule has 0 fully saturated rings. The first-order chi connectivity index (χ1) is 11.9. The molecule has 1 atom stereocenters. The number of halogens is 2. The topological polar surface area (TPSA) is 93.8 Å². The van der Waals surface area contributed by atoms with Crippen LogP contribution >= 0.6 is 23.2 Å². The Bertz CT molecular complexity index is 827. The fraction of sp³-hybridized carbons (Fsp3) is 0.125. The maximum Gasteiger partial charge on any atom is 0.280 e. The quantitative estimate of drug-likeness (QED) is 0.467. The van der Waals surface area contributed by atoms with Crippen molar-refractivity contribution < 1.29 is 14.5 Å². The summed E-state index contributed by atoms with van der Waals surface area (Å²) < 4.78 is 5.44. The average molecular weight is 382 g/mol. The Kier molecular flexibility index (Phi) is 6.32. The van der Waals surface area contributed by atoms with Crippen molar-refractivity contribution in [3.63, 3.8) is 0 Å². The predicted molar refractivity (Wildman–Crippen MR) is 95.4 cm³/mol. The van der Waals surface area contributed by atoms with Crippen LogP contribution < -0.4 is 10.2 Å². The molecule has 2 aromatic carbocycles. The number of nitro groups is 1. The summed E-state index contributed by atoms with van der Waals surface area (Å²) in [4.78, 5) is 22.4. The van der Waals surface area contributed by atoms with Gasteiger partial charge in [-0.15, -0.1) is 0 Å². The largest absolute Gasteiger partial charge is 0.479 e. The number of carbonyl (C=O) groups is 1. The molecule has 0 bridgehead atoms. The van der Waals surface area contributed by atoms with Crippen LogP contribution in [0.15, 0.2) is 47.6 Å². The third kappa shape index (κ3) is 5.17.